The first kappa shape index (κ1) is 18.3. The molecule has 2 aromatic carbocycles. The van der Waals surface area contributed by atoms with Crippen LogP contribution in [-0.4, -0.2) is 37.8 Å². The summed E-state index contributed by atoms with van der Waals surface area (Å²) < 4.78 is 10.7. The molecule has 0 aliphatic carbocycles. The molecule has 0 saturated carbocycles. The Kier molecular flexibility index (Phi) is 4.47. The lowest BCUT2D eigenvalue weighted by molar-refractivity contribution is -0.126. The van der Waals surface area contributed by atoms with Crippen molar-refractivity contribution in [2.75, 3.05) is 19.1 Å². The first-order chi connectivity index (χ1) is 13.5. The smallest absolute Gasteiger partial charge is 0.278 e. The highest BCUT2D eigenvalue weighted by Gasteiger charge is 2.56. The van der Waals surface area contributed by atoms with Gasteiger partial charge in [-0.25, -0.2) is 4.90 Å². The Morgan fingerprint density at radius 3 is 2.61 bits per heavy atom. The number of carbonyl (C=O) groups excluding carboxylic acids is 2. The molecule has 8 heteroatoms. The van der Waals surface area contributed by atoms with Crippen molar-refractivity contribution in [3.8, 4) is 11.5 Å². The number of methoxy groups -OCH3 is 2. The van der Waals surface area contributed by atoms with E-state index in [-0.39, 0.29) is 0 Å². The molecule has 2 aliphatic heterocycles. The zero-order valence-electron chi connectivity index (χ0n) is 15.4. The summed E-state index contributed by atoms with van der Waals surface area (Å²) >= 11 is 6.17. The van der Waals surface area contributed by atoms with Gasteiger partial charge >= 0.3 is 0 Å². The van der Waals surface area contributed by atoms with Crippen molar-refractivity contribution in [2.24, 2.45) is 11.1 Å². The maximum Gasteiger partial charge on any atom is 0.278 e. The molecular formula is C20H17ClN2O5. The number of ether oxygens (including phenoxy) is 2. The number of hydrogen-bond donors (Lipinski definition) is 0. The van der Waals surface area contributed by atoms with Crippen molar-refractivity contribution >= 4 is 34.8 Å². The van der Waals surface area contributed by atoms with E-state index in [1.54, 1.807) is 43.3 Å². The highest BCUT2D eigenvalue weighted by Crippen LogP contribution is 2.39. The summed E-state index contributed by atoms with van der Waals surface area (Å²) in [6.45, 7) is 1.76. The van der Waals surface area contributed by atoms with Gasteiger partial charge < -0.3 is 14.3 Å². The fraction of sp³-hybridized carbons (Fsp3) is 0.250. The lowest BCUT2D eigenvalue weighted by Gasteiger charge is -2.18. The highest BCUT2D eigenvalue weighted by molar-refractivity contribution is 6.35. The van der Waals surface area contributed by atoms with Gasteiger partial charge in [-0.1, -0.05) is 22.8 Å². The van der Waals surface area contributed by atoms with E-state index in [1.165, 1.54) is 14.2 Å². The van der Waals surface area contributed by atoms with E-state index in [1.807, 2.05) is 0 Å². The van der Waals surface area contributed by atoms with Crippen LogP contribution in [0.15, 0.2) is 41.6 Å². The standard InChI is InChI=1S/C20H17ClN2O5/c1-10-13(21)5-4-6-14(10)23-19(24)16-17(22-28-18(16)20(23)25)12-9-11(26-2)7-8-15(12)27-3/h4-9,16,18H,1-3H3/t16-,18+/m0/s1. The van der Waals surface area contributed by atoms with Gasteiger partial charge in [0.2, 0.25) is 12.0 Å². The monoisotopic (exact) mass is 400 g/mol. The largest absolute Gasteiger partial charge is 0.497 e. The Labute approximate surface area is 166 Å². The molecule has 0 unspecified atom stereocenters. The molecule has 7 nitrogen and oxygen atoms in total. The molecule has 4 rings (SSSR count). The normalized spacial score (nSPS) is 20.7. The van der Waals surface area contributed by atoms with E-state index in [0.717, 1.165) is 4.90 Å². The number of anilines is 1. The second kappa shape index (κ2) is 6.83. The first-order valence-corrected chi connectivity index (χ1v) is 8.94. The quantitative estimate of drug-likeness (QED) is 0.737. The van der Waals surface area contributed by atoms with Crippen molar-refractivity contribution in [3.63, 3.8) is 0 Å². The van der Waals surface area contributed by atoms with Gasteiger partial charge in [0.15, 0.2) is 0 Å². The van der Waals surface area contributed by atoms with Crippen molar-refractivity contribution in [1.82, 2.24) is 0 Å². The molecule has 0 N–H and O–H groups in total. The number of halogens is 1. The van der Waals surface area contributed by atoms with E-state index in [4.69, 9.17) is 25.9 Å². The third-order valence-corrected chi connectivity index (χ3v) is 5.38. The Balaban J connectivity index is 1.77. The van der Waals surface area contributed by atoms with E-state index in [2.05, 4.69) is 5.16 Å². The second-order valence-corrected chi connectivity index (χ2v) is 6.85. The molecule has 0 spiro atoms. The molecule has 0 bridgehead atoms. The predicted molar refractivity (Wildman–Crippen MR) is 103 cm³/mol. The number of imide groups is 1. The van der Waals surface area contributed by atoms with Crippen LogP contribution in [-0.2, 0) is 14.4 Å². The molecule has 144 valence electrons. The first-order valence-electron chi connectivity index (χ1n) is 8.57. The number of nitrogens with zero attached hydrogens (tertiary/aromatic N) is 2. The molecule has 2 aromatic rings. The van der Waals surface area contributed by atoms with Crippen LogP contribution in [0.2, 0.25) is 5.02 Å². The number of hydrogen-bond acceptors (Lipinski definition) is 6. The summed E-state index contributed by atoms with van der Waals surface area (Å²) in [7, 11) is 3.05. The van der Waals surface area contributed by atoms with Gasteiger partial charge in [-0.2, -0.15) is 0 Å². The fourth-order valence-corrected chi connectivity index (χ4v) is 3.66. The Morgan fingerprint density at radius 2 is 1.89 bits per heavy atom. The summed E-state index contributed by atoms with van der Waals surface area (Å²) in [5.74, 6) is -0.683. The third-order valence-electron chi connectivity index (χ3n) is 4.97. The summed E-state index contributed by atoms with van der Waals surface area (Å²) in [5.41, 5.74) is 1.96. The number of fused-ring (bicyclic) bond motifs is 1. The van der Waals surface area contributed by atoms with Crippen LogP contribution >= 0.6 is 11.6 Å². The van der Waals surface area contributed by atoms with Gasteiger partial charge in [-0.15, -0.1) is 0 Å². The van der Waals surface area contributed by atoms with Crippen LogP contribution in [0.25, 0.3) is 0 Å². The highest BCUT2D eigenvalue weighted by atomic mass is 35.5. The number of amides is 2. The van der Waals surface area contributed by atoms with Crippen LogP contribution in [0.5, 0.6) is 11.5 Å². The van der Waals surface area contributed by atoms with Crippen LogP contribution in [0, 0.1) is 12.8 Å². The summed E-state index contributed by atoms with van der Waals surface area (Å²) in [6.07, 6.45) is -1.02. The molecule has 2 amide bonds. The van der Waals surface area contributed by atoms with E-state index in [0.29, 0.717) is 39.0 Å². The van der Waals surface area contributed by atoms with Crippen molar-refractivity contribution < 1.29 is 23.9 Å². The number of oxime groups is 1. The van der Waals surface area contributed by atoms with Gasteiger partial charge in [-0.05, 0) is 42.8 Å². The van der Waals surface area contributed by atoms with Gasteiger partial charge in [-0.3, -0.25) is 9.59 Å². The molecule has 2 aliphatic rings. The minimum Gasteiger partial charge on any atom is -0.497 e. The Bertz CT molecular complexity index is 1020. The summed E-state index contributed by atoms with van der Waals surface area (Å²) in [5, 5.41) is 4.50. The number of rotatable bonds is 4. The average molecular weight is 401 g/mol. The fourth-order valence-electron chi connectivity index (χ4n) is 3.49. The molecule has 2 atom stereocenters. The Morgan fingerprint density at radius 1 is 1.11 bits per heavy atom. The van der Waals surface area contributed by atoms with Crippen LogP contribution < -0.4 is 14.4 Å². The molecule has 0 aromatic heterocycles. The molecule has 1 fully saturated rings. The van der Waals surface area contributed by atoms with Crippen LogP contribution in [0.1, 0.15) is 11.1 Å². The minimum atomic E-state index is -1.02. The van der Waals surface area contributed by atoms with Crippen molar-refractivity contribution in [2.45, 2.75) is 13.0 Å². The van der Waals surface area contributed by atoms with Gasteiger partial charge in [0.1, 0.15) is 23.1 Å². The molecule has 0 radical (unpaired) electrons. The minimum absolute atomic E-state index is 0.335. The molecule has 28 heavy (non-hydrogen) atoms. The maximum absolute atomic E-state index is 13.2. The van der Waals surface area contributed by atoms with Gasteiger partial charge in [0, 0.05) is 10.6 Å². The molecule has 2 heterocycles. The van der Waals surface area contributed by atoms with Crippen LogP contribution in [0.4, 0.5) is 5.69 Å². The van der Waals surface area contributed by atoms with Gasteiger partial charge in [0.05, 0.1) is 19.9 Å². The molecular weight excluding hydrogens is 384 g/mol. The average Bonchev–Trinajstić information content (AvgIpc) is 3.24. The van der Waals surface area contributed by atoms with E-state index in [9.17, 15) is 9.59 Å². The number of carbonyl (C=O) groups is 2. The SMILES string of the molecule is COc1ccc(OC)c(C2=NO[C@H]3C(=O)N(c4cccc(Cl)c4C)C(=O)[C@@H]23)c1. The predicted octanol–water partition coefficient (Wildman–Crippen LogP) is 2.96. The summed E-state index contributed by atoms with van der Waals surface area (Å²) in [4.78, 5) is 32.6. The van der Waals surface area contributed by atoms with Crippen LogP contribution in [0.3, 0.4) is 0 Å². The van der Waals surface area contributed by atoms with E-state index < -0.39 is 23.8 Å². The topological polar surface area (TPSA) is 77.4 Å². The van der Waals surface area contributed by atoms with Crippen molar-refractivity contribution in [1.29, 1.82) is 0 Å². The zero-order valence-corrected chi connectivity index (χ0v) is 16.2. The van der Waals surface area contributed by atoms with E-state index >= 15 is 0 Å². The number of benzene rings is 2. The lowest BCUT2D eigenvalue weighted by Crippen LogP contribution is -2.33. The maximum atomic E-state index is 13.2. The van der Waals surface area contributed by atoms with Crippen molar-refractivity contribution in [3.05, 3.63) is 52.5 Å². The third kappa shape index (κ3) is 2.62. The summed E-state index contributed by atoms with van der Waals surface area (Å²) in [6, 6.07) is 10.2. The molecule has 1 saturated heterocycles. The Hall–Kier alpha value is -3.06. The zero-order chi connectivity index (χ0) is 20.0. The van der Waals surface area contributed by atoms with Gasteiger partial charge in [0.25, 0.3) is 5.91 Å². The lowest BCUT2D eigenvalue weighted by atomic mass is 9.93. The second-order valence-electron chi connectivity index (χ2n) is 6.44.